The molecule has 0 atom stereocenters. The molecule has 1 fully saturated rings. The van der Waals surface area contributed by atoms with Crippen LogP contribution in [0.2, 0.25) is 0 Å². The van der Waals surface area contributed by atoms with Gasteiger partial charge in [-0.2, -0.15) is 16.9 Å². The molecule has 0 radical (unpaired) electrons. The van der Waals surface area contributed by atoms with Crippen molar-refractivity contribution < 1.29 is 0 Å². The molecule has 1 saturated heterocycles. The number of nitrogens with zero attached hydrogens (tertiary/aromatic N) is 3. The van der Waals surface area contributed by atoms with Crippen LogP contribution in [0.3, 0.4) is 0 Å². The van der Waals surface area contributed by atoms with Crippen molar-refractivity contribution >= 4 is 17.6 Å². The van der Waals surface area contributed by atoms with Gasteiger partial charge in [0.15, 0.2) is 5.82 Å². The number of thioether (sulfide) groups is 1. The van der Waals surface area contributed by atoms with Crippen molar-refractivity contribution in [1.29, 1.82) is 0 Å². The Hall–Kier alpha value is -0.810. The topological polar surface area (TPSA) is 55.0 Å². The lowest BCUT2D eigenvalue weighted by molar-refractivity contribution is 0.454. The second kappa shape index (κ2) is 5.23. The minimum atomic E-state index is 0.272. The van der Waals surface area contributed by atoms with Crippen LogP contribution in [0.5, 0.6) is 0 Å². The van der Waals surface area contributed by atoms with E-state index in [9.17, 15) is 0 Å². The first kappa shape index (κ1) is 12.6. The number of hydrogen-bond acceptors (Lipinski definition) is 5. The third-order valence-electron chi connectivity index (χ3n) is 3.59. The van der Waals surface area contributed by atoms with E-state index in [0.717, 1.165) is 44.0 Å². The summed E-state index contributed by atoms with van der Waals surface area (Å²) in [7, 11) is 0. The van der Waals surface area contributed by atoms with E-state index in [1.807, 2.05) is 24.8 Å². The molecule has 1 aliphatic rings. The average molecular weight is 252 g/mol. The predicted molar refractivity (Wildman–Crippen MR) is 73.5 cm³/mol. The average Bonchev–Trinajstić information content (AvgIpc) is 2.40. The Morgan fingerprint density at radius 1 is 1.35 bits per heavy atom. The van der Waals surface area contributed by atoms with Crippen LogP contribution in [0.15, 0.2) is 12.1 Å². The van der Waals surface area contributed by atoms with Gasteiger partial charge in [-0.15, -0.1) is 5.10 Å². The molecule has 2 rings (SSSR count). The van der Waals surface area contributed by atoms with Crippen LogP contribution in [0.1, 0.15) is 18.5 Å². The van der Waals surface area contributed by atoms with E-state index >= 15 is 0 Å². The first-order chi connectivity index (χ1) is 8.19. The van der Waals surface area contributed by atoms with Crippen LogP contribution in [0.25, 0.3) is 0 Å². The Morgan fingerprint density at radius 3 is 2.53 bits per heavy atom. The molecule has 1 aliphatic heterocycles. The fraction of sp³-hybridized carbons (Fsp3) is 0.667. The molecule has 94 valence electrons. The van der Waals surface area contributed by atoms with E-state index in [4.69, 9.17) is 5.73 Å². The quantitative estimate of drug-likeness (QED) is 0.882. The second-order valence-electron chi connectivity index (χ2n) is 4.61. The molecular formula is C12H20N4S. The summed E-state index contributed by atoms with van der Waals surface area (Å²) in [6, 6.07) is 4.07. The molecule has 2 heterocycles. The monoisotopic (exact) mass is 252 g/mol. The van der Waals surface area contributed by atoms with E-state index < -0.39 is 0 Å². The van der Waals surface area contributed by atoms with Crippen molar-refractivity contribution in [3.8, 4) is 0 Å². The minimum absolute atomic E-state index is 0.272. The zero-order valence-electron chi connectivity index (χ0n) is 10.5. The van der Waals surface area contributed by atoms with Crippen molar-refractivity contribution in [3.63, 3.8) is 0 Å². The lowest BCUT2D eigenvalue weighted by atomic mass is 9.96. The Labute approximate surface area is 107 Å². The van der Waals surface area contributed by atoms with Gasteiger partial charge in [-0.25, -0.2) is 0 Å². The van der Waals surface area contributed by atoms with Gasteiger partial charge in [0.1, 0.15) is 0 Å². The molecule has 0 unspecified atom stereocenters. The van der Waals surface area contributed by atoms with Gasteiger partial charge in [-0.1, -0.05) is 0 Å². The smallest absolute Gasteiger partial charge is 0.151 e. The van der Waals surface area contributed by atoms with E-state index in [-0.39, 0.29) is 4.75 Å². The number of nitrogens with two attached hydrogens (primary N) is 1. The van der Waals surface area contributed by atoms with Gasteiger partial charge in [0.2, 0.25) is 0 Å². The van der Waals surface area contributed by atoms with Crippen molar-refractivity contribution in [2.24, 2.45) is 5.73 Å². The number of aromatic nitrogens is 2. The highest BCUT2D eigenvalue weighted by atomic mass is 32.2. The summed E-state index contributed by atoms with van der Waals surface area (Å²) in [6.07, 6.45) is 4.41. The largest absolute Gasteiger partial charge is 0.355 e. The fourth-order valence-electron chi connectivity index (χ4n) is 2.20. The number of anilines is 1. The first-order valence-corrected chi connectivity index (χ1v) is 7.22. The summed E-state index contributed by atoms with van der Waals surface area (Å²) >= 11 is 1.91. The molecule has 1 aromatic rings. The van der Waals surface area contributed by atoms with Crippen LogP contribution < -0.4 is 10.6 Å². The summed E-state index contributed by atoms with van der Waals surface area (Å²) in [5, 5.41) is 8.35. The highest BCUT2D eigenvalue weighted by Crippen LogP contribution is 2.34. The molecular weight excluding hydrogens is 232 g/mol. The summed E-state index contributed by atoms with van der Waals surface area (Å²) in [6.45, 7) is 4.77. The van der Waals surface area contributed by atoms with Crippen LogP contribution >= 0.6 is 11.8 Å². The molecule has 0 saturated carbocycles. The number of aryl methyl sites for hydroxylation is 1. The molecule has 0 spiro atoms. The van der Waals surface area contributed by atoms with Gasteiger partial charge >= 0.3 is 0 Å². The maximum absolute atomic E-state index is 5.89. The minimum Gasteiger partial charge on any atom is -0.355 e. The van der Waals surface area contributed by atoms with E-state index in [2.05, 4.69) is 27.4 Å². The van der Waals surface area contributed by atoms with Gasteiger partial charge in [0.25, 0.3) is 0 Å². The van der Waals surface area contributed by atoms with Crippen LogP contribution in [0, 0.1) is 6.92 Å². The molecule has 5 heteroatoms. The predicted octanol–water partition coefficient (Wildman–Crippen LogP) is 1.45. The highest BCUT2D eigenvalue weighted by Gasteiger charge is 2.32. The highest BCUT2D eigenvalue weighted by molar-refractivity contribution is 8.00. The zero-order chi connectivity index (χ0) is 12.3. The van der Waals surface area contributed by atoms with E-state index in [0.29, 0.717) is 0 Å². The molecule has 1 aromatic heterocycles. The molecule has 0 amide bonds. The van der Waals surface area contributed by atoms with Crippen molar-refractivity contribution in [2.75, 3.05) is 30.8 Å². The van der Waals surface area contributed by atoms with Crippen molar-refractivity contribution in [1.82, 2.24) is 10.2 Å². The van der Waals surface area contributed by atoms with Crippen LogP contribution in [0.4, 0.5) is 5.82 Å². The lowest BCUT2D eigenvalue weighted by Gasteiger charge is -2.40. The van der Waals surface area contributed by atoms with Gasteiger partial charge in [-0.3, -0.25) is 0 Å². The van der Waals surface area contributed by atoms with Gasteiger partial charge in [-0.05, 0) is 38.2 Å². The summed E-state index contributed by atoms with van der Waals surface area (Å²) in [4.78, 5) is 2.30. The van der Waals surface area contributed by atoms with Crippen LogP contribution in [-0.4, -0.2) is 40.8 Å². The maximum Gasteiger partial charge on any atom is 0.151 e. The summed E-state index contributed by atoms with van der Waals surface area (Å²) in [5.41, 5.74) is 6.85. The van der Waals surface area contributed by atoms with Crippen LogP contribution in [-0.2, 0) is 0 Å². The Morgan fingerprint density at radius 2 is 2.06 bits per heavy atom. The van der Waals surface area contributed by atoms with Gasteiger partial charge < -0.3 is 10.6 Å². The molecule has 0 aromatic carbocycles. The molecule has 0 bridgehead atoms. The lowest BCUT2D eigenvalue weighted by Crippen LogP contribution is -2.46. The Kier molecular flexibility index (Phi) is 3.89. The normalized spacial score (nSPS) is 19.4. The summed E-state index contributed by atoms with van der Waals surface area (Å²) < 4.78 is 0.272. The third-order valence-corrected chi connectivity index (χ3v) is 5.03. The Balaban J connectivity index is 2.01. The first-order valence-electron chi connectivity index (χ1n) is 6.00. The third kappa shape index (κ3) is 2.72. The molecule has 2 N–H and O–H groups in total. The van der Waals surface area contributed by atoms with E-state index in [1.165, 1.54) is 0 Å². The van der Waals surface area contributed by atoms with Crippen molar-refractivity contribution in [2.45, 2.75) is 24.5 Å². The van der Waals surface area contributed by atoms with Crippen molar-refractivity contribution in [3.05, 3.63) is 17.8 Å². The zero-order valence-corrected chi connectivity index (χ0v) is 11.3. The van der Waals surface area contributed by atoms with Gasteiger partial charge in [0.05, 0.1) is 5.69 Å². The number of piperidine rings is 1. The SMILES string of the molecule is CSC1(CN)CCN(c2ccc(C)nn2)CC1. The molecule has 0 aliphatic carbocycles. The molecule has 4 nitrogen and oxygen atoms in total. The standard InChI is InChI=1S/C12H20N4S/c1-10-3-4-11(15-14-10)16-7-5-12(9-13,17-2)6-8-16/h3-4H,5-9,13H2,1-2H3. The summed E-state index contributed by atoms with van der Waals surface area (Å²) in [5.74, 6) is 0.988. The number of hydrogen-bond donors (Lipinski definition) is 1. The Bertz CT molecular complexity index is 351. The molecule has 17 heavy (non-hydrogen) atoms. The fourth-order valence-corrected chi connectivity index (χ4v) is 2.95. The number of rotatable bonds is 3. The van der Waals surface area contributed by atoms with E-state index in [1.54, 1.807) is 0 Å². The van der Waals surface area contributed by atoms with Gasteiger partial charge in [0, 0.05) is 24.4 Å². The maximum atomic E-state index is 5.89. The second-order valence-corrected chi connectivity index (χ2v) is 5.89.